The molecule has 180 valence electrons. The number of benzene rings is 1. The second-order valence-corrected chi connectivity index (χ2v) is 8.62. The first kappa shape index (κ1) is 23.7. The van der Waals surface area contributed by atoms with Crippen molar-refractivity contribution < 1.29 is 9.53 Å². The monoisotopic (exact) mass is 464 g/mol. The Morgan fingerprint density at radius 2 is 2.00 bits per heavy atom. The molecule has 1 atom stereocenters. The summed E-state index contributed by atoms with van der Waals surface area (Å²) in [4.78, 5) is 32.6. The molecule has 0 spiro atoms. The summed E-state index contributed by atoms with van der Waals surface area (Å²) in [5.74, 6) is 1.67. The van der Waals surface area contributed by atoms with Gasteiger partial charge in [0.2, 0.25) is 5.91 Å². The van der Waals surface area contributed by atoms with Crippen molar-refractivity contribution in [3.63, 3.8) is 0 Å². The Hall–Kier alpha value is -3.46. The molecule has 1 N–H and O–H groups in total. The number of nitrogens with zero attached hydrogens (tertiary/aromatic N) is 5. The molecule has 3 heterocycles. The van der Waals surface area contributed by atoms with E-state index in [2.05, 4.69) is 10.4 Å². The maximum absolute atomic E-state index is 13.8. The first-order valence-corrected chi connectivity index (χ1v) is 11.7. The highest BCUT2D eigenvalue weighted by Crippen LogP contribution is 2.27. The van der Waals surface area contributed by atoms with Gasteiger partial charge in [-0.3, -0.25) is 23.7 Å². The van der Waals surface area contributed by atoms with Gasteiger partial charge < -0.3 is 10.1 Å². The highest BCUT2D eigenvalue weighted by molar-refractivity contribution is 5.91. The summed E-state index contributed by atoms with van der Waals surface area (Å²) in [6.07, 6.45) is 1.33. The zero-order valence-electron chi connectivity index (χ0n) is 20.5. The maximum atomic E-state index is 13.8. The molecule has 0 bridgehead atoms. The van der Waals surface area contributed by atoms with Crippen molar-refractivity contribution in [2.45, 2.75) is 53.1 Å². The van der Waals surface area contributed by atoms with Crippen LogP contribution >= 0.6 is 0 Å². The minimum atomic E-state index is -0.268. The highest BCUT2D eigenvalue weighted by atomic mass is 16.5. The van der Waals surface area contributed by atoms with Crippen LogP contribution in [0.4, 0.5) is 5.82 Å². The minimum Gasteiger partial charge on any atom is -0.494 e. The molecule has 0 radical (unpaired) electrons. The Morgan fingerprint density at radius 1 is 1.26 bits per heavy atom. The molecule has 9 nitrogen and oxygen atoms in total. The van der Waals surface area contributed by atoms with E-state index in [1.54, 1.807) is 9.47 Å². The zero-order chi connectivity index (χ0) is 24.4. The molecule has 4 rings (SSSR count). The number of aromatic nitrogens is 4. The van der Waals surface area contributed by atoms with Gasteiger partial charge in [-0.25, -0.2) is 4.98 Å². The number of ether oxygens (including phenoxy) is 1. The van der Waals surface area contributed by atoms with Gasteiger partial charge in [-0.1, -0.05) is 0 Å². The van der Waals surface area contributed by atoms with Crippen molar-refractivity contribution in [2.75, 3.05) is 18.1 Å². The number of aryl methyl sites for hydroxylation is 2. The second kappa shape index (κ2) is 9.80. The van der Waals surface area contributed by atoms with Gasteiger partial charge >= 0.3 is 0 Å². The van der Waals surface area contributed by atoms with Crippen LogP contribution < -0.4 is 20.5 Å². The van der Waals surface area contributed by atoms with Crippen LogP contribution in [0.2, 0.25) is 0 Å². The van der Waals surface area contributed by atoms with Crippen LogP contribution in [0.5, 0.6) is 5.75 Å². The minimum absolute atomic E-state index is 0.108. The van der Waals surface area contributed by atoms with Crippen molar-refractivity contribution in [1.29, 1.82) is 0 Å². The van der Waals surface area contributed by atoms with Gasteiger partial charge in [-0.15, -0.1) is 0 Å². The normalized spacial score (nSPS) is 14.1. The fourth-order valence-electron chi connectivity index (χ4n) is 4.41. The summed E-state index contributed by atoms with van der Waals surface area (Å²) in [6.45, 7) is 9.08. The number of nitrogens with one attached hydrogen (secondary N) is 1. The van der Waals surface area contributed by atoms with Gasteiger partial charge in [0, 0.05) is 27.1 Å². The first-order valence-electron chi connectivity index (χ1n) is 11.7. The van der Waals surface area contributed by atoms with Crippen LogP contribution in [0.3, 0.4) is 0 Å². The topological polar surface area (TPSA) is 94.3 Å². The van der Waals surface area contributed by atoms with E-state index in [9.17, 15) is 9.59 Å². The van der Waals surface area contributed by atoms with Crippen molar-refractivity contribution >= 4 is 11.7 Å². The lowest BCUT2D eigenvalue weighted by atomic mass is 10.1. The van der Waals surface area contributed by atoms with E-state index in [4.69, 9.17) is 9.72 Å². The number of carbonyl (C=O) groups excluding carboxylic acids is 1. The largest absolute Gasteiger partial charge is 0.494 e. The summed E-state index contributed by atoms with van der Waals surface area (Å²) in [5.41, 5.74) is 3.13. The third-order valence-electron chi connectivity index (χ3n) is 6.11. The molecule has 9 heteroatoms. The van der Waals surface area contributed by atoms with Gasteiger partial charge in [-0.05, 0) is 63.9 Å². The molecule has 1 aromatic carbocycles. The van der Waals surface area contributed by atoms with Gasteiger partial charge in [0.05, 0.1) is 35.3 Å². The summed E-state index contributed by atoms with van der Waals surface area (Å²) >= 11 is 0. The predicted molar refractivity (Wildman–Crippen MR) is 131 cm³/mol. The van der Waals surface area contributed by atoms with Gasteiger partial charge in [-0.2, -0.15) is 5.10 Å². The molecular weight excluding hydrogens is 432 g/mol. The quantitative estimate of drug-likeness (QED) is 0.578. The van der Waals surface area contributed by atoms with E-state index >= 15 is 0 Å². The smallest absolute Gasteiger partial charge is 0.263 e. The molecule has 34 heavy (non-hydrogen) atoms. The SMILES string of the molecule is CCOc1ccc(-n2c(C(C)NCc3cc(C)nn3C)nc3c(c2=O)CCCN3C(C)=O)cc1. The molecule has 2 aromatic heterocycles. The number of hydrogen-bond donors (Lipinski definition) is 1. The summed E-state index contributed by atoms with van der Waals surface area (Å²) in [5, 5.41) is 7.88. The standard InChI is InChI=1S/C25H32N6O3/c1-6-34-21-11-9-19(10-12-21)31-23(17(3)26-15-20-14-16(2)28-29(20)5)27-24-22(25(31)33)8-7-13-30(24)18(4)32/h9-12,14,17,26H,6-8,13,15H2,1-5H3. The molecule has 0 aliphatic carbocycles. The molecule has 0 fully saturated rings. The fraction of sp³-hybridized carbons (Fsp3) is 0.440. The molecule has 1 unspecified atom stereocenters. The molecule has 0 saturated carbocycles. The predicted octanol–water partition coefficient (Wildman–Crippen LogP) is 2.82. The van der Waals surface area contributed by atoms with E-state index in [1.807, 2.05) is 62.8 Å². The number of carbonyl (C=O) groups is 1. The fourth-order valence-corrected chi connectivity index (χ4v) is 4.41. The Labute approximate surface area is 199 Å². The van der Waals surface area contributed by atoms with E-state index in [-0.39, 0.29) is 17.5 Å². The zero-order valence-corrected chi connectivity index (χ0v) is 20.5. The Balaban J connectivity index is 1.79. The van der Waals surface area contributed by atoms with Crippen LogP contribution in [0.15, 0.2) is 35.1 Å². The number of fused-ring (bicyclic) bond motifs is 1. The van der Waals surface area contributed by atoms with Gasteiger partial charge in [0.15, 0.2) is 0 Å². The van der Waals surface area contributed by atoms with Gasteiger partial charge in [0.1, 0.15) is 17.4 Å². The third-order valence-corrected chi connectivity index (χ3v) is 6.11. The first-order chi connectivity index (χ1) is 16.3. The lowest BCUT2D eigenvalue weighted by molar-refractivity contribution is -0.116. The van der Waals surface area contributed by atoms with Crippen molar-refractivity contribution in [3.05, 3.63) is 63.5 Å². The second-order valence-electron chi connectivity index (χ2n) is 8.62. The lowest BCUT2D eigenvalue weighted by Gasteiger charge is -2.29. The van der Waals surface area contributed by atoms with E-state index in [1.165, 1.54) is 6.92 Å². The Morgan fingerprint density at radius 3 is 2.62 bits per heavy atom. The molecule has 0 saturated heterocycles. The number of amides is 1. The summed E-state index contributed by atoms with van der Waals surface area (Å²) < 4.78 is 9.07. The average molecular weight is 465 g/mol. The molecular formula is C25H32N6O3. The highest BCUT2D eigenvalue weighted by Gasteiger charge is 2.28. The van der Waals surface area contributed by atoms with Crippen molar-refractivity contribution in [1.82, 2.24) is 24.6 Å². The van der Waals surface area contributed by atoms with Crippen molar-refractivity contribution in [2.24, 2.45) is 7.05 Å². The Kier molecular flexibility index (Phi) is 6.83. The third kappa shape index (κ3) is 4.61. The van der Waals surface area contributed by atoms with E-state index < -0.39 is 0 Å². The maximum Gasteiger partial charge on any atom is 0.263 e. The summed E-state index contributed by atoms with van der Waals surface area (Å²) in [6, 6.07) is 9.20. The van der Waals surface area contributed by atoms with Crippen LogP contribution in [0.1, 0.15) is 56.0 Å². The van der Waals surface area contributed by atoms with E-state index in [0.29, 0.717) is 49.0 Å². The van der Waals surface area contributed by atoms with Crippen LogP contribution in [-0.2, 0) is 24.8 Å². The van der Waals surface area contributed by atoms with Crippen molar-refractivity contribution in [3.8, 4) is 11.4 Å². The number of rotatable bonds is 7. The molecule has 1 amide bonds. The number of hydrogen-bond acceptors (Lipinski definition) is 6. The van der Waals surface area contributed by atoms with E-state index in [0.717, 1.165) is 23.6 Å². The molecule has 3 aromatic rings. The average Bonchev–Trinajstić information content (AvgIpc) is 3.14. The molecule has 1 aliphatic rings. The van der Waals surface area contributed by atoms with Crippen LogP contribution in [0.25, 0.3) is 5.69 Å². The van der Waals surface area contributed by atoms with Gasteiger partial charge in [0.25, 0.3) is 5.56 Å². The Bertz CT molecular complexity index is 1240. The lowest BCUT2D eigenvalue weighted by Crippen LogP contribution is -2.41. The molecule has 1 aliphatic heterocycles. The van der Waals surface area contributed by atoms with Crippen LogP contribution in [0, 0.1) is 6.92 Å². The summed E-state index contributed by atoms with van der Waals surface area (Å²) in [7, 11) is 1.91. The number of anilines is 1. The van der Waals surface area contributed by atoms with Crippen LogP contribution in [-0.4, -0.2) is 38.4 Å².